The minimum Gasteiger partial charge on any atom is -0.396 e. The molecule has 1 amide bonds. The van der Waals surface area contributed by atoms with Gasteiger partial charge in [-0.15, -0.1) is 0 Å². The molecule has 94 valence electrons. The molecule has 1 rings (SSSR count). The first-order chi connectivity index (χ1) is 8.04. The number of carbonyl (C=O) groups is 1. The van der Waals surface area contributed by atoms with Crippen LogP contribution in [0.5, 0.6) is 0 Å². The molecule has 0 aliphatic rings. The Morgan fingerprint density at radius 1 is 1.47 bits per heavy atom. The molecule has 0 aliphatic heterocycles. The second kappa shape index (κ2) is 6.30. The third-order valence-corrected chi connectivity index (χ3v) is 2.35. The maximum absolute atomic E-state index is 13.3. The molecule has 0 bridgehead atoms. The molecular formula is C12H15F2NO2. The highest BCUT2D eigenvalue weighted by Gasteiger charge is 2.14. The standard InChI is InChI=1S/C12H15F2NO2/c1-8(3-2-6-16)15-12(17)10-5-4-9(13)7-11(10)14/h4-5,7-8,16H,2-3,6H2,1H3,(H,15,17). The largest absolute Gasteiger partial charge is 0.396 e. The first-order valence-electron chi connectivity index (χ1n) is 5.41. The Labute approximate surface area is 98.5 Å². The fourth-order valence-electron chi connectivity index (χ4n) is 1.44. The number of aliphatic hydroxyl groups excluding tert-OH is 1. The molecular weight excluding hydrogens is 228 g/mol. The van der Waals surface area contributed by atoms with Gasteiger partial charge in [0.25, 0.3) is 5.91 Å². The summed E-state index contributed by atoms with van der Waals surface area (Å²) < 4.78 is 25.9. The van der Waals surface area contributed by atoms with Gasteiger partial charge in [-0.1, -0.05) is 0 Å². The summed E-state index contributed by atoms with van der Waals surface area (Å²) in [5, 5.41) is 11.2. The van der Waals surface area contributed by atoms with E-state index in [0.29, 0.717) is 18.9 Å². The summed E-state index contributed by atoms with van der Waals surface area (Å²) >= 11 is 0. The van der Waals surface area contributed by atoms with Crippen molar-refractivity contribution in [3.8, 4) is 0 Å². The summed E-state index contributed by atoms with van der Waals surface area (Å²) in [6, 6.07) is 2.65. The van der Waals surface area contributed by atoms with Crippen molar-refractivity contribution in [1.82, 2.24) is 5.32 Å². The molecule has 2 N–H and O–H groups in total. The third kappa shape index (κ3) is 4.11. The van der Waals surface area contributed by atoms with E-state index in [9.17, 15) is 13.6 Å². The van der Waals surface area contributed by atoms with Crippen LogP contribution in [0.1, 0.15) is 30.1 Å². The Morgan fingerprint density at radius 2 is 2.18 bits per heavy atom. The molecule has 0 radical (unpaired) electrons. The molecule has 0 aliphatic carbocycles. The smallest absolute Gasteiger partial charge is 0.254 e. The highest BCUT2D eigenvalue weighted by atomic mass is 19.1. The van der Waals surface area contributed by atoms with Crippen molar-refractivity contribution in [1.29, 1.82) is 0 Å². The van der Waals surface area contributed by atoms with Crippen molar-refractivity contribution < 1.29 is 18.7 Å². The Bertz CT molecular complexity index is 396. The van der Waals surface area contributed by atoms with Crippen LogP contribution in [0.15, 0.2) is 18.2 Å². The number of halogens is 2. The lowest BCUT2D eigenvalue weighted by Gasteiger charge is -2.13. The number of amides is 1. The maximum atomic E-state index is 13.3. The van der Waals surface area contributed by atoms with Gasteiger partial charge in [-0.25, -0.2) is 8.78 Å². The summed E-state index contributed by atoms with van der Waals surface area (Å²) in [4.78, 5) is 11.6. The lowest BCUT2D eigenvalue weighted by molar-refractivity contribution is 0.0932. The first kappa shape index (κ1) is 13.6. The van der Waals surface area contributed by atoms with Crippen molar-refractivity contribution in [2.24, 2.45) is 0 Å². The highest BCUT2D eigenvalue weighted by molar-refractivity contribution is 5.94. The molecule has 0 spiro atoms. The summed E-state index contributed by atoms with van der Waals surface area (Å²) in [5.41, 5.74) is -0.178. The lowest BCUT2D eigenvalue weighted by Crippen LogP contribution is -2.33. The van der Waals surface area contributed by atoms with Gasteiger partial charge in [-0.2, -0.15) is 0 Å². The summed E-state index contributed by atoms with van der Waals surface area (Å²) in [7, 11) is 0. The molecule has 0 saturated carbocycles. The van der Waals surface area contributed by atoms with E-state index in [1.165, 1.54) is 0 Å². The molecule has 1 aromatic rings. The minimum atomic E-state index is -0.878. The Hall–Kier alpha value is -1.49. The number of carbonyl (C=O) groups excluding carboxylic acids is 1. The van der Waals surface area contributed by atoms with Crippen LogP contribution in [-0.2, 0) is 0 Å². The van der Waals surface area contributed by atoms with E-state index < -0.39 is 17.5 Å². The van der Waals surface area contributed by atoms with Gasteiger partial charge in [0.05, 0.1) is 5.56 Å². The van der Waals surface area contributed by atoms with Crippen molar-refractivity contribution >= 4 is 5.91 Å². The monoisotopic (exact) mass is 243 g/mol. The summed E-state index contributed by atoms with van der Waals surface area (Å²) in [5.74, 6) is -2.17. The molecule has 0 saturated heterocycles. The lowest BCUT2D eigenvalue weighted by atomic mass is 10.1. The highest BCUT2D eigenvalue weighted by Crippen LogP contribution is 2.10. The van der Waals surface area contributed by atoms with Crippen LogP contribution in [0.2, 0.25) is 0 Å². The van der Waals surface area contributed by atoms with Crippen molar-refractivity contribution in [2.45, 2.75) is 25.8 Å². The van der Waals surface area contributed by atoms with E-state index >= 15 is 0 Å². The van der Waals surface area contributed by atoms with E-state index in [4.69, 9.17) is 5.11 Å². The van der Waals surface area contributed by atoms with Gasteiger partial charge in [0, 0.05) is 18.7 Å². The van der Waals surface area contributed by atoms with Crippen LogP contribution in [0, 0.1) is 11.6 Å². The molecule has 5 heteroatoms. The predicted molar refractivity (Wildman–Crippen MR) is 59.6 cm³/mol. The van der Waals surface area contributed by atoms with Crippen LogP contribution < -0.4 is 5.32 Å². The molecule has 17 heavy (non-hydrogen) atoms. The van der Waals surface area contributed by atoms with Gasteiger partial charge in [0.2, 0.25) is 0 Å². The van der Waals surface area contributed by atoms with Crippen molar-refractivity contribution in [2.75, 3.05) is 6.61 Å². The second-order valence-corrected chi connectivity index (χ2v) is 3.86. The quantitative estimate of drug-likeness (QED) is 0.829. The molecule has 1 unspecified atom stereocenters. The Balaban J connectivity index is 2.63. The van der Waals surface area contributed by atoms with E-state index in [0.717, 1.165) is 12.1 Å². The summed E-state index contributed by atoms with van der Waals surface area (Å²) in [6.45, 7) is 1.81. The maximum Gasteiger partial charge on any atom is 0.254 e. The van der Waals surface area contributed by atoms with E-state index in [-0.39, 0.29) is 18.2 Å². The zero-order chi connectivity index (χ0) is 12.8. The minimum absolute atomic E-state index is 0.0467. The van der Waals surface area contributed by atoms with Gasteiger partial charge < -0.3 is 10.4 Å². The average Bonchev–Trinajstić information content (AvgIpc) is 2.26. The Morgan fingerprint density at radius 3 is 2.76 bits per heavy atom. The van der Waals surface area contributed by atoms with Crippen molar-refractivity contribution in [3.05, 3.63) is 35.4 Å². The molecule has 0 heterocycles. The number of nitrogens with one attached hydrogen (secondary N) is 1. The zero-order valence-electron chi connectivity index (χ0n) is 9.54. The molecule has 0 fully saturated rings. The first-order valence-corrected chi connectivity index (χ1v) is 5.41. The van der Waals surface area contributed by atoms with Crippen LogP contribution in [-0.4, -0.2) is 23.7 Å². The predicted octanol–water partition coefficient (Wildman–Crippen LogP) is 1.86. The number of benzene rings is 1. The van der Waals surface area contributed by atoms with Crippen LogP contribution >= 0.6 is 0 Å². The fourth-order valence-corrected chi connectivity index (χ4v) is 1.44. The zero-order valence-corrected chi connectivity index (χ0v) is 9.54. The van der Waals surface area contributed by atoms with Gasteiger partial charge >= 0.3 is 0 Å². The molecule has 3 nitrogen and oxygen atoms in total. The van der Waals surface area contributed by atoms with E-state index in [2.05, 4.69) is 5.32 Å². The van der Waals surface area contributed by atoms with Gasteiger partial charge in [-0.05, 0) is 31.9 Å². The van der Waals surface area contributed by atoms with Gasteiger partial charge in [-0.3, -0.25) is 4.79 Å². The van der Waals surface area contributed by atoms with E-state index in [1.54, 1.807) is 6.92 Å². The van der Waals surface area contributed by atoms with Crippen LogP contribution in [0.25, 0.3) is 0 Å². The second-order valence-electron chi connectivity index (χ2n) is 3.86. The number of hydrogen-bond acceptors (Lipinski definition) is 2. The third-order valence-electron chi connectivity index (χ3n) is 2.35. The van der Waals surface area contributed by atoms with Crippen molar-refractivity contribution in [3.63, 3.8) is 0 Å². The molecule has 1 atom stereocenters. The average molecular weight is 243 g/mol. The number of rotatable bonds is 5. The van der Waals surface area contributed by atoms with Gasteiger partial charge in [0.1, 0.15) is 11.6 Å². The topological polar surface area (TPSA) is 49.3 Å². The SMILES string of the molecule is CC(CCCO)NC(=O)c1ccc(F)cc1F. The fraction of sp³-hybridized carbons (Fsp3) is 0.417. The van der Waals surface area contributed by atoms with Gasteiger partial charge in [0.15, 0.2) is 0 Å². The van der Waals surface area contributed by atoms with E-state index in [1.807, 2.05) is 0 Å². The normalized spacial score (nSPS) is 12.2. The molecule has 0 aromatic heterocycles. The summed E-state index contributed by atoms with van der Waals surface area (Å²) in [6.07, 6.45) is 1.17. The number of aliphatic hydroxyl groups is 1. The Kier molecular flexibility index (Phi) is 5.03. The molecule has 1 aromatic carbocycles. The number of hydrogen-bond donors (Lipinski definition) is 2. The van der Waals surface area contributed by atoms with Crippen LogP contribution in [0.3, 0.4) is 0 Å². The van der Waals surface area contributed by atoms with Crippen LogP contribution in [0.4, 0.5) is 8.78 Å².